The minimum absolute atomic E-state index is 0.457. The summed E-state index contributed by atoms with van der Waals surface area (Å²) in [5.41, 5.74) is 19.6. The summed E-state index contributed by atoms with van der Waals surface area (Å²) >= 11 is 0. The SMILES string of the molecule is c1ccc(N(c2ccccc2)c2ccc(-c3ccc4c(c3)c3ccc5c(c3n4-c3ccccc3)C3(c4ccccc4-c4ccccc43)c3ccccc3-5)cc2)cc1. The molecule has 0 unspecified atom stereocenters. The van der Waals surface area contributed by atoms with Gasteiger partial charge in [-0.15, -0.1) is 0 Å². The number of hydrogen-bond acceptors (Lipinski definition) is 1. The van der Waals surface area contributed by atoms with Gasteiger partial charge >= 0.3 is 0 Å². The van der Waals surface area contributed by atoms with E-state index in [2.05, 4.69) is 228 Å². The lowest BCUT2D eigenvalue weighted by Gasteiger charge is -2.31. The Balaban J connectivity index is 1.10. The molecule has 1 aromatic heterocycles. The zero-order valence-corrected chi connectivity index (χ0v) is 31.2. The quantitative estimate of drug-likeness (QED) is 0.172. The molecule has 0 atom stereocenters. The van der Waals surface area contributed by atoms with Crippen molar-refractivity contribution in [3.63, 3.8) is 0 Å². The van der Waals surface area contributed by atoms with Crippen LogP contribution in [0, 0.1) is 0 Å². The van der Waals surface area contributed by atoms with Crippen LogP contribution in [0.1, 0.15) is 22.3 Å². The van der Waals surface area contributed by atoms with Crippen LogP contribution in [0.4, 0.5) is 17.1 Å². The largest absolute Gasteiger partial charge is 0.311 e. The first-order valence-electron chi connectivity index (χ1n) is 19.8. The van der Waals surface area contributed by atoms with E-state index in [-0.39, 0.29) is 0 Å². The highest BCUT2D eigenvalue weighted by Crippen LogP contribution is 2.64. The van der Waals surface area contributed by atoms with Crippen molar-refractivity contribution in [3.05, 3.63) is 241 Å². The van der Waals surface area contributed by atoms with Gasteiger partial charge in [-0.05, 0) is 111 Å². The summed E-state index contributed by atoms with van der Waals surface area (Å²) < 4.78 is 2.53. The Labute approximate surface area is 332 Å². The van der Waals surface area contributed by atoms with E-state index < -0.39 is 5.41 Å². The lowest BCUT2D eigenvalue weighted by atomic mass is 9.70. The predicted octanol–water partition coefficient (Wildman–Crippen LogP) is 14.3. The molecule has 0 bridgehead atoms. The summed E-state index contributed by atoms with van der Waals surface area (Å²) in [6.45, 7) is 0. The van der Waals surface area contributed by atoms with Crippen LogP contribution in [0.25, 0.3) is 60.9 Å². The summed E-state index contributed by atoms with van der Waals surface area (Å²) in [6.07, 6.45) is 0. The third kappa shape index (κ3) is 4.47. The highest BCUT2D eigenvalue weighted by atomic mass is 15.1. The van der Waals surface area contributed by atoms with E-state index in [0.717, 1.165) is 22.7 Å². The van der Waals surface area contributed by atoms with Gasteiger partial charge in [-0.1, -0.05) is 158 Å². The van der Waals surface area contributed by atoms with Crippen LogP contribution in [-0.2, 0) is 5.41 Å². The van der Waals surface area contributed by atoms with E-state index in [4.69, 9.17) is 0 Å². The average Bonchev–Trinajstić information content (AvgIpc) is 3.89. The van der Waals surface area contributed by atoms with Gasteiger partial charge in [0.15, 0.2) is 0 Å². The van der Waals surface area contributed by atoms with E-state index in [1.807, 2.05) is 0 Å². The van der Waals surface area contributed by atoms with E-state index >= 15 is 0 Å². The topological polar surface area (TPSA) is 8.17 Å². The van der Waals surface area contributed by atoms with Gasteiger partial charge in [0.25, 0.3) is 0 Å². The molecule has 12 rings (SSSR count). The molecule has 0 saturated heterocycles. The van der Waals surface area contributed by atoms with E-state index in [9.17, 15) is 0 Å². The molecule has 2 aliphatic rings. The van der Waals surface area contributed by atoms with E-state index in [1.165, 1.54) is 77.4 Å². The number of aromatic nitrogens is 1. The fraction of sp³-hybridized carbons (Fsp3) is 0.0182. The van der Waals surface area contributed by atoms with Crippen LogP contribution in [-0.4, -0.2) is 4.57 Å². The number of benzene rings is 9. The average molecular weight is 725 g/mol. The predicted molar refractivity (Wildman–Crippen MR) is 237 cm³/mol. The Bertz CT molecular complexity index is 3060. The molecular weight excluding hydrogens is 689 g/mol. The van der Waals surface area contributed by atoms with Gasteiger partial charge in [0.05, 0.1) is 16.4 Å². The van der Waals surface area contributed by atoms with Crippen molar-refractivity contribution in [2.75, 3.05) is 4.90 Å². The van der Waals surface area contributed by atoms with Crippen molar-refractivity contribution in [3.8, 4) is 39.1 Å². The zero-order valence-electron chi connectivity index (χ0n) is 31.2. The first kappa shape index (κ1) is 31.9. The van der Waals surface area contributed by atoms with Gasteiger partial charge in [0.1, 0.15) is 0 Å². The number of nitrogens with zero attached hydrogens (tertiary/aromatic N) is 2. The van der Waals surface area contributed by atoms with Gasteiger partial charge < -0.3 is 9.47 Å². The third-order valence-electron chi connectivity index (χ3n) is 12.4. The molecule has 266 valence electrons. The normalized spacial score (nSPS) is 13.1. The van der Waals surface area contributed by atoms with Gasteiger partial charge in [0.2, 0.25) is 0 Å². The molecule has 0 aliphatic heterocycles. The molecule has 10 aromatic rings. The highest BCUT2D eigenvalue weighted by Gasteiger charge is 2.53. The smallest absolute Gasteiger partial charge is 0.0746 e. The van der Waals surface area contributed by atoms with Crippen molar-refractivity contribution in [2.24, 2.45) is 0 Å². The van der Waals surface area contributed by atoms with Crippen molar-refractivity contribution in [1.29, 1.82) is 0 Å². The van der Waals surface area contributed by atoms with Crippen molar-refractivity contribution in [1.82, 2.24) is 4.57 Å². The second-order valence-corrected chi connectivity index (χ2v) is 15.2. The minimum Gasteiger partial charge on any atom is -0.311 e. The standard InChI is InChI=1S/C55H36N2/c1-4-16-39(17-5-1)56(40-18-6-2-7-19-40)42-31-28-37(29-32-42)38-30-35-52-48(36-38)47-34-33-46-45-24-12-15-27-51(45)55(53(46)54(47)57(52)41-20-8-3-9-21-41)49-25-13-10-22-43(49)44-23-11-14-26-50(44)55/h1-36H. The summed E-state index contributed by atoms with van der Waals surface area (Å²) in [7, 11) is 0. The first-order valence-corrected chi connectivity index (χ1v) is 19.8. The number of para-hydroxylation sites is 3. The Morgan fingerprint density at radius 2 is 0.825 bits per heavy atom. The molecule has 1 spiro atoms. The minimum atomic E-state index is -0.457. The Morgan fingerprint density at radius 3 is 1.40 bits per heavy atom. The lowest BCUT2D eigenvalue weighted by Crippen LogP contribution is -2.26. The monoisotopic (exact) mass is 724 g/mol. The maximum atomic E-state index is 2.53. The Hall–Kier alpha value is -7.42. The van der Waals surface area contributed by atoms with Crippen molar-refractivity contribution in [2.45, 2.75) is 5.41 Å². The van der Waals surface area contributed by atoms with Gasteiger partial charge in [0, 0.05) is 39.1 Å². The molecule has 1 heterocycles. The second-order valence-electron chi connectivity index (χ2n) is 15.2. The summed E-state index contributed by atoms with van der Waals surface area (Å²) in [4.78, 5) is 2.31. The van der Waals surface area contributed by atoms with Crippen LogP contribution >= 0.6 is 0 Å². The molecule has 2 aliphatic carbocycles. The van der Waals surface area contributed by atoms with Crippen LogP contribution in [0.2, 0.25) is 0 Å². The lowest BCUT2D eigenvalue weighted by molar-refractivity contribution is 0.797. The molecule has 2 heteroatoms. The summed E-state index contributed by atoms with van der Waals surface area (Å²) in [6, 6.07) is 80.3. The number of fused-ring (bicyclic) bond motifs is 14. The molecule has 9 aromatic carbocycles. The molecule has 2 nitrogen and oxygen atoms in total. The van der Waals surface area contributed by atoms with E-state index in [1.54, 1.807) is 0 Å². The second kappa shape index (κ2) is 12.3. The molecule has 0 saturated carbocycles. The third-order valence-corrected chi connectivity index (χ3v) is 12.4. The number of hydrogen-bond donors (Lipinski definition) is 0. The first-order chi connectivity index (χ1) is 28.3. The van der Waals surface area contributed by atoms with Crippen LogP contribution in [0.3, 0.4) is 0 Å². The fourth-order valence-electron chi connectivity index (χ4n) is 10.1. The van der Waals surface area contributed by atoms with Crippen molar-refractivity contribution < 1.29 is 0 Å². The summed E-state index contributed by atoms with van der Waals surface area (Å²) in [5.74, 6) is 0. The highest BCUT2D eigenvalue weighted by molar-refractivity contribution is 6.15. The molecule has 0 fully saturated rings. The van der Waals surface area contributed by atoms with Gasteiger partial charge in [-0.2, -0.15) is 0 Å². The van der Waals surface area contributed by atoms with Crippen molar-refractivity contribution >= 4 is 38.9 Å². The zero-order chi connectivity index (χ0) is 37.5. The van der Waals surface area contributed by atoms with Gasteiger partial charge in [-0.3, -0.25) is 0 Å². The molecule has 0 N–H and O–H groups in total. The van der Waals surface area contributed by atoms with Crippen LogP contribution < -0.4 is 4.90 Å². The number of rotatable bonds is 5. The fourth-order valence-corrected chi connectivity index (χ4v) is 10.1. The van der Waals surface area contributed by atoms with Crippen LogP contribution in [0.15, 0.2) is 218 Å². The maximum Gasteiger partial charge on any atom is 0.0746 e. The molecule has 0 radical (unpaired) electrons. The van der Waals surface area contributed by atoms with E-state index in [0.29, 0.717) is 0 Å². The van der Waals surface area contributed by atoms with Crippen LogP contribution in [0.5, 0.6) is 0 Å². The van der Waals surface area contributed by atoms with Gasteiger partial charge in [-0.25, -0.2) is 0 Å². The molecule has 0 amide bonds. The Kier molecular flexibility index (Phi) is 6.88. The molecule has 57 heavy (non-hydrogen) atoms. The summed E-state index contributed by atoms with van der Waals surface area (Å²) in [5, 5.41) is 2.51. The Morgan fingerprint density at radius 1 is 0.351 bits per heavy atom. The maximum absolute atomic E-state index is 2.53. The number of anilines is 3. The molecular formula is C55H36N2.